The standard InChI is InChI=1S/C13H18Cl2N4S/c1-3-5-19-12(17-8-18-19)7-10(16-4-2)9-6-11(14)20-13(9)15/h6,8,10,16H,3-5,7H2,1-2H3. The predicted molar refractivity (Wildman–Crippen MR) is 84.8 cm³/mol. The summed E-state index contributed by atoms with van der Waals surface area (Å²) in [5.41, 5.74) is 1.04. The number of hydrogen-bond acceptors (Lipinski definition) is 4. The van der Waals surface area contributed by atoms with Crippen LogP contribution in [-0.4, -0.2) is 21.3 Å². The Bertz CT molecular complexity index is 552. The Labute approximate surface area is 133 Å². The van der Waals surface area contributed by atoms with Gasteiger partial charge in [0.05, 0.1) is 8.67 Å². The fourth-order valence-corrected chi connectivity index (χ4v) is 3.74. The van der Waals surface area contributed by atoms with E-state index < -0.39 is 0 Å². The van der Waals surface area contributed by atoms with E-state index in [-0.39, 0.29) is 6.04 Å². The number of hydrogen-bond donors (Lipinski definition) is 1. The molecule has 0 amide bonds. The number of rotatable bonds is 7. The van der Waals surface area contributed by atoms with Gasteiger partial charge in [-0.05, 0) is 19.0 Å². The number of aryl methyl sites for hydroxylation is 1. The highest BCUT2D eigenvalue weighted by Gasteiger charge is 2.19. The summed E-state index contributed by atoms with van der Waals surface area (Å²) in [6, 6.07) is 2.04. The lowest BCUT2D eigenvalue weighted by Crippen LogP contribution is -2.24. The summed E-state index contributed by atoms with van der Waals surface area (Å²) in [4.78, 5) is 4.36. The van der Waals surface area contributed by atoms with Gasteiger partial charge in [-0.3, -0.25) is 4.68 Å². The molecule has 0 aliphatic rings. The molecule has 2 heterocycles. The minimum absolute atomic E-state index is 0.107. The van der Waals surface area contributed by atoms with Gasteiger partial charge in [-0.1, -0.05) is 37.0 Å². The largest absolute Gasteiger partial charge is 0.310 e. The van der Waals surface area contributed by atoms with Crippen molar-refractivity contribution in [3.8, 4) is 0 Å². The van der Waals surface area contributed by atoms with Gasteiger partial charge in [-0.25, -0.2) is 4.98 Å². The Morgan fingerprint density at radius 2 is 2.20 bits per heavy atom. The molecule has 0 aromatic carbocycles. The maximum Gasteiger partial charge on any atom is 0.138 e. The molecule has 1 atom stereocenters. The zero-order valence-corrected chi connectivity index (χ0v) is 13.9. The summed E-state index contributed by atoms with van der Waals surface area (Å²) in [5, 5.41) is 7.70. The highest BCUT2D eigenvalue weighted by molar-refractivity contribution is 7.20. The molecule has 7 heteroatoms. The molecule has 1 N–H and O–H groups in total. The van der Waals surface area contributed by atoms with Crippen molar-refractivity contribution < 1.29 is 0 Å². The van der Waals surface area contributed by atoms with E-state index in [2.05, 4.69) is 29.2 Å². The molecule has 0 saturated carbocycles. The van der Waals surface area contributed by atoms with Crippen LogP contribution in [0.3, 0.4) is 0 Å². The molecule has 4 nitrogen and oxygen atoms in total. The van der Waals surface area contributed by atoms with Crippen molar-refractivity contribution in [2.24, 2.45) is 0 Å². The van der Waals surface area contributed by atoms with Gasteiger partial charge < -0.3 is 5.32 Å². The first-order valence-electron chi connectivity index (χ1n) is 6.70. The second kappa shape index (κ2) is 7.41. The van der Waals surface area contributed by atoms with Crippen LogP contribution in [0.15, 0.2) is 12.4 Å². The highest BCUT2D eigenvalue weighted by Crippen LogP contribution is 2.35. The van der Waals surface area contributed by atoms with Crippen LogP contribution in [0.4, 0.5) is 0 Å². The van der Waals surface area contributed by atoms with E-state index in [4.69, 9.17) is 23.2 Å². The van der Waals surface area contributed by atoms with Crippen molar-refractivity contribution >= 4 is 34.5 Å². The number of aromatic nitrogens is 3. The van der Waals surface area contributed by atoms with E-state index >= 15 is 0 Å². The molecule has 20 heavy (non-hydrogen) atoms. The quantitative estimate of drug-likeness (QED) is 0.834. The smallest absolute Gasteiger partial charge is 0.138 e. The Morgan fingerprint density at radius 1 is 1.40 bits per heavy atom. The molecule has 0 aliphatic heterocycles. The SMILES string of the molecule is CCCn1ncnc1CC(NCC)c1cc(Cl)sc1Cl. The van der Waals surface area contributed by atoms with Gasteiger partial charge in [0, 0.05) is 24.6 Å². The summed E-state index contributed by atoms with van der Waals surface area (Å²) in [5.74, 6) is 0.969. The first kappa shape index (κ1) is 15.8. The van der Waals surface area contributed by atoms with Gasteiger partial charge in [-0.15, -0.1) is 11.3 Å². The van der Waals surface area contributed by atoms with Crippen LogP contribution in [0.2, 0.25) is 8.67 Å². The summed E-state index contributed by atoms with van der Waals surface area (Å²) in [6.45, 7) is 5.94. The van der Waals surface area contributed by atoms with Crippen LogP contribution in [-0.2, 0) is 13.0 Å². The lowest BCUT2D eigenvalue weighted by molar-refractivity contribution is 0.499. The van der Waals surface area contributed by atoms with Crippen LogP contribution >= 0.6 is 34.5 Å². The average molecular weight is 333 g/mol. The lowest BCUT2D eigenvalue weighted by atomic mass is 10.1. The zero-order chi connectivity index (χ0) is 14.5. The Morgan fingerprint density at radius 3 is 2.80 bits per heavy atom. The van der Waals surface area contributed by atoms with E-state index in [1.54, 1.807) is 6.33 Å². The van der Waals surface area contributed by atoms with Crippen LogP contribution in [0.1, 0.15) is 37.7 Å². The number of nitrogens with one attached hydrogen (secondary N) is 1. The van der Waals surface area contributed by atoms with E-state index in [1.807, 2.05) is 10.7 Å². The maximum absolute atomic E-state index is 6.27. The van der Waals surface area contributed by atoms with E-state index in [1.165, 1.54) is 11.3 Å². The topological polar surface area (TPSA) is 42.7 Å². The molecule has 0 radical (unpaired) electrons. The maximum atomic E-state index is 6.27. The molecule has 2 rings (SSSR count). The third kappa shape index (κ3) is 3.73. The molecule has 1 unspecified atom stereocenters. The van der Waals surface area contributed by atoms with Crippen molar-refractivity contribution in [3.63, 3.8) is 0 Å². The van der Waals surface area contributed by atoms with Gasteiger partial charge in [-0.2, -0.15) is 5.10 Å². The number of likely N-dealkylation sites (N-methyl/N-ethyl adjacent to an activating group) is 1. The van der Waals surface area contributed by atoms with Crippen LogP contribution in [0.25, 0.3) is 0 Å². The molecule has 2 aromatic heterocycles. The minimum atomic E-state index is 0.107. The number of nitrogens with zero attached hydrogens (tertiary/aromatic N) is 3. The van der Waals surface area contributed by atoms with Gasteiger partial charge in [0.15, 0.2) is 0 Å². The van der Waals surface area contributed by atoms with E-state index in [9.17, 15) is 0 Å². The van der Waals surface area contributed by atoms with Crippen LogP contribution in [0.5, 0.6) is 0 Å². The minimum Gasteiger partial charge on any atom is -0.310 e. The second-order valence-electron chi connectivity index (χ2n) is 4.49. The molecular weight excluding hydrogens is 315 g/mol. The van der Waals surface area contributed by atoms with Crippen molar-refractivity contribution in [2.45, 2.75) is 39.3 Å². The number of halogens is 2. The average Bonchev–Trinajstić information content (AvgIpc) is 2.96. The van der Waals surface area contributed by atoms with Crippen molar-refractivity contribution in [3.05, 3.63) is 32.5 Å². The van der Waals surface area contributed by atoms with Gasteiger partial charge in [0.1, 0.15) is 12.2 Å². The fraction of sp³-hybridized carbons (Fsp3) is 0.538. The van der Waals surface area contributed by atoms with E-state index in [0.29, 0.717) is 4.34 Å². The molecular formula is C13H18Cl2N4S. The Hall–Kier alpha value is -0.620. The number of thiophene rings is 1. The molecule has 110 valence electrons. The molecule has 0 spiro atoms. The third-order valence-corrected chi connectivity index (χ3v) is 4.54. The van der Waals surface area contributed by atoms with Crippen LogP contribution in [0, 0.1) is 0 Å². The van der Waals surface area contributed by atoms with Gasteiger partial charge >= 0.3 is 0 Å². The van der Waals surface area contributed by atoms with Crippen molar-refractivity contribution in [2.75, 3.05) is 6.54 Å². The summed E-state index contributed by atoms with van der Waals surface area (Å²) < 4.78 is 3.40. The first-order valence-corrected chi connectivity index (χ1v) is 8.27. The van der Waals surface area contributed by atoms with Crippen molar-refractivity contribution in [1.29, 1.82) is 0 Å². The Balaban J connectivity index is 2.21. The predicted octanol–water partition coefficient (Wildman–Crippen LogP) is 3.95. The molecule has 2 aromatic rings. The highest BCUT2D eigenvalue weighted by atomic mass is 35.5. The molecule has 0 fully saturated rings. The summed E-state index contributed by atoms with van der Waals surface area (Å²) in [6.07, 6.45) is 3.39. The van der Waals surface area contributed by atoms with Crippen LogP contribution < -0.4 is 5.32 Å². The lowest BCUT2D eigenvalue weighted by Gasteiger charge is -2.17. The summed E-state index contributed by atoms with van der Waals surface area (Å²) in [7, 11) is 0. The first-order chi connectivity index (χ1) is 9.65. The fourth-order valence-electron chi connectivity index (χ4n) is 2.16. The monoisotopic (exact) mass is 332 g/mol. The summed E-state index contributed by atoms with van der Waals surface area (Å²) >= 11 is 13.7. The molecule has 0 aliphatic carbocycles. The molecule has 0 saturated heterocycles. The van der Waals surface area contributed by atoms with Crippen molar-refractivity contribution in [1.82, 2.24) is 20.1 Å². The van der Waals surface area contributed by atoms with Gasteiger partial charge in [0.25, 0.3) is 0 Å². The molecule has 0 bridgehead atoms. The van der Waals surface area contributed by atoms with Gasteiger partial charge in [0.2, 0.25) is 0 Å². The van der Waals surface area contributed by atoms with E-state index in [0.717, 1.165) is 41.7 Å². The second-order valence-corrected chi connectivity index (χ2v) is 6.78. The zero-order valence-electron chi connectivity index (χ0n) is 11.6. The Kier molecular flexibility index (Phi) is 5.84. The third-order valence-electron chi connectivity index (χ3n) is 3.03. The normalized spacial score (nSPS) is 12.8.